The third-order valence-corrected chi connectivity index (χ3v) is 6.11. The molecule has 4 rings (SSSR count). The van der Waals surface area contributed by atoms with Crippen LogP contribution in [-0.2, 0) is 16.1 Å². The molecule has 1 fully saturated rings. The summed E-state index contributed by atoms with van der Waals surface area (Å²) in [4.78, 5) is 39.2. The molecule has 0 unspecified atom stereocenters. The van der Waals surface area contributed by atoms with Crippen LogP contribution in [0.3, 0.4) is 0 Å². The van der Waals surface area contributed by atoms with Crippen molar-refractivity contribution in [2.24, 2.45) is 0 Å². The van der Waals surface area contributed by atoms with E-state index in [1.54, 1.807) is 29.4 Å². The summed E-state index contributed by atoms with van der Waals surface area (Å²) in [5.74, 6) is -0.128. The highest BCUT2D eigenvalue weighted by Crippen LogP contribution is 2.29. The average molecular weight is 448 g/mol. The lowest BCUT2D eigenvalue weighted by Crippen LogP contribution is -2.47. The number of hydrogen-bond donors (Lipinski definition) is 0. The lowest BCUT2D eigenvalue weighted by molar-refractivity contribution is -0.127. The summed E-state index contributed by atoms with van der Waals surface area (Å²) in [6, 6.07) is 13.5. The Bertz CT molecular complexity index is 1080. The number of carbonyl (C=O) groups is 2. The molecule has 2 aromatic heterocycles. The summed E-state index contributed by atoms with van der Waals surface area (Å²) in [6.45, 7) is 5.46. The van der Waals surface area contributed by atoms with Gasteiger partial charge in [0.05, 0.1) is 11.4 Å². The van der Waals surface area contributed by atoms with E-state index < -0.39 is 0 Å². The summed E-state index contributed by atoms with van der Waals surface area (Å²) in [5, 5.41) is 2.44. The number of hydrogen-bond acceptors (Lipinski definition) is 6. The largest absolute Gasteiger partial charge is 0.337 e. The molecule has 1 aliphatic heterocycles. The molecule has 0 saturated carbocycles. The number of pyridine rings is 1. The van der Waals surface area contributed by atoms with E-state index in [9.17, 15) is 9.59 Å². The molecule has 0 spiro atoms. The molecule has 0 radical (unpaired) electrons. The number of carbonyl (C=O) groups excluding carboxylic acids is 2. The van der Waals surface area contributed by atoms with E-state index in [0.717, 1.165) is 25.3 Å². The topological polar surface area (TPSA) is 69.6 Å². The van der Waals surface area contributed by atoms with Crippen molar-refractivity contribution in [1.82, 2.24) is 19.8 Å². The molecule has 3 heterocycles. The Morgan fingerprint density at radius 2 is 1.78 bits per heavy atom. The van der Waals surface area contributed by atoms with Gasteiger partial charge in [-0.15, -0.1) is 11.3 Å². The van der Waals surface area contributed by atoms with E-state index in [-0.39, 0.29) is 11.8 Å². The van der Waals surface area contributed by atoms with Crippen molar-refractivity contribution in [3.05, 3.63) is 77.6 Å². The highest BCUT2D eigenvalue weighted by Gasteiger charge is 2.20. The lowest BCUT2D eigenvalue weighted by atomic mass is 10.2. The smallest absolute Gasteiger partial charge is 0.246 e. The molecular formula is C24H25N5O2S. The maximum Gasteiger partial charge on any atom is 0.246 e. The number of amides is 2. The second-order valence-corrected chi connectivity index (χ2v) is 8.37. The van der Waals surface area contributed by atoms with Gasteiger partial charge in [-0.1, -0.05) is 18.2 Å². The van der Waals surface area contributed by atoms with Crippen molar-refractivity contribution >= 4 is 40.0 Å². The molecule has 1 aliphatic rings. The highest BCUT2D eigenvalue weighted by atomic mass is 32.1. The van der Waals surface area contributed by atoms with Crippen LogP contribution in [0.25, 0.3) is 6.08 Å². The Morgan fingerprint density at radius 1 is 1.06 bits per heavy atom. The first-order chi connectivity index (χ1) is 15.6. The normalized spacial score (nSPS) is 14.6. The van der Waals surface area contributed by atoms with E-state index in [1.807, 2.05) is 52.7 Å². The van der Waals surface area contributed by atoms with Gasteiger partial charge in [0.1, 0.15) is 0 Å². The van der Waals surface area contributed by atoms with Crippen molar-refractivity contribution in [2.75, 3.05) is 31.1 Å². The van der Waals surface area contributed by atoms with Crippen molar-refractivity contribution in [2.45, 2.75) is 13.5 Å². The minimum absolute atomic E-state index is 0.0189. The van der Waals surface area contributed by atoms with E-state index in [0.29, 0.717) is 23.9 Å². The van der Waals surface area contributed by atoms with Gasteiger partial charge in [-0.25, -0.2) is 4.98 Å². The van der Waals surface area contributed by atoms with Gasteiger partial charge in [-0.2, -0.15) is 0 Å². The van der Waals surface area contributed by atoms with Gasteiger partial charge in [-0.05, 0) is 35.9 Å². The Labute approximate surface area is 191 Å². The van der Waals surface area contributed by atoms with Gasteiger partial charge < -0.3 is 4.90 Å². The molecule has 164 valence electrons. The number of anilines is 2. The minimum atomic E-state index is -0.109. The number of nitrogens with zero attached hydrogens (tertiary/aromatic N) is 5. The fraction of sp³-hybridized carbons (Fsp3) is 0.250. The monoisotopic (exact) mass is 447 g/mol. The third-order valence-electron chi connectivity index (χ3n) is 5.27. The molecule has 1 aromatic carbocycles. The Hall–Kier alpha value is -3.36. The zero-order chi connectivity index (χ0) is 22.3. The maximum absolute atomic E-state index is 12.6. The van der Waals surface area contributed by atoms with Crippen LogP contribution in [0.2, 0.25) is 0 Å². The average Bonchev–Trinajstić information content (AvgIpc) is 3.27. The standard InChI is InChI=1S/C24H25N5O2S/c1-19(30)29(22-5-3-2-4-6-22)24-26-21(18-32-24)7-8-23(31)28-15-13-27(14-16-28)17-20-9-11-25-12-10-20/h2-12,18H,13-17H2,1H3/b8-7+. The molecular weight excluding hydrogens is 422 g/mol. The Balaban J connectivity index is 1.33. The van der Waals surface area contributed by atoms with Crippen LogP contribution in [-0.4, -0.2) is 57.8 Å². The van der Waals surface area contributed by atoms with Crippen molar-refractivity contribution in [3.8, 4) is 0 Å². The predicted molar refractivity (Wildman–Crippen MR) is 127 cm³/mol. The van der Waals surface area contributed by atoms with Gasteiger partial charge >= 0.3 is 0 Å². The number of aromatic nitrogens is 2. The lowest BCUT2D eigenvalue weighted by Gasteiger charge is -2.34. The molecule has 1 saturated heterocycles. The number of piperazine rings is 1. The zero-order valence-electron chi connectivity index (χ0n) is 17.9. The highest BCUT2D eigenvalue weighted by molar-refractivity contribution is 7.14. The SMILES string of the molecule is CC(=O)N(c1ccccc1)c1nc(/C=C/C(=O)N2CCN(Cc3ccncc3)CC2)cs1. The molecule has 8 heteroatoms. The number of para-hydroxylation sites is 1. The van der Waals surface area contributed by atoms with Crippen molar-refractivity contribution in [1.29, 1.82) is 0 Å². The van der Waals surface area contributed by atoms with Crippen molar-refractivity contribution in [3.63, 3.8) is 0 Å². The fourth-order valence-electron chi connectivity index (χ4n) is 3.59. The molecule has 7 nitrogen and oxygen atoms in total. The summed E-state index contributed by atoms with van der Waals surface area (Å²) in [7, 11) is 0. The quantitative estimate of drug-likeness (QED) is 0.540. The molecule has 0 N–H and O–H groups in total. The first kappa shape index (κ1) is 21.9. The first-order valence-electron chi connectivity index (χ1n) is 10.5. The third kappa shape index (κ3) is 5.46. The van der Waals surface area contributed by atoms with Gasteiger partial charge in [0.25, 0.3) is 0 Å². The molecule has 2 amide bonds. The van der Waals surface area contributed by atoms with E-state index >= 15 is 0 Å². The van der Waals surface area contributed by atoms with E-state index in [4.69, 9.17) is 0 Å². The maximum atomic E-state index is 12.6. The second-order valence-electron chi connectivity index (χ2n) is 7.54. The Morgan fingerprint density at radius 3 is 2.47 bits per heavy atom. The number of benzene rings is 1. The van der Waals surface area contributed by atoms with Crippen LogP contribution in [0.4, 0.5) is 10.8 Å². The van der Waals surface area contributed by atoms with Crippen LogP contribution >= 0.6 is 11.3 Å². The number of rotatable bonds is 6. The molecule has 0 bridgehead atoms. The molecule has 32 heavy (non-hydrogen) atoms. The Kier molecular flexibility index (Phi) is 7.03. The summed E-state index contributed by atoms with van der Waals surface area (Å²) in [5.41, 5.74) is 2.66. The second kappa shape index (κ2) is 10.3. The van der Waals surface area contributed by atoms with Gasteiger partial charge in [0, 0.05) is 63.5 Å². The summed E-state index contributed by atoms with van der Waals surface area (Å²) < 4.78 is 0. The zero-order valence-corrected chi connectivity index (χ0v) is 18.7. The van der Waals surface area contributed by atoms with Crippen LogP contribution in [0, 0.1) is 0 Å². The van der Waals surface area contributed by atoms with Gasteiger partial charge in [0.2, 0.25) is 11.8 Å². The summed E-state index contributed by atoms with van der Waals surface area (Å²) >= 11 is 1.38. The predicted octanol–water partition coefficient (Wildman–Crippen LogP) is 3.58. The number of thiazole rings is 1. The van der Waals surface area contributed by atoms with Crippen LogP contribution in [0.5, 0.6) is 0 Å². The van der Waals surface area contributed by atoms with E-state index in [1.165, 1.54) is 23.8 Å². The molecule has 0 atom stereocenters. The molecule has 3 aromatic rings. The fourth-order valence-corrected chi connectivity index (χ4v) is 4.45. The van der Waals surface area contributed by atoms with Crippen LogP contribution in [0.15, 0.2) is 66.3 Å². The minimum Gasteiger partial charge on any atom is -0.337 e. The van der Waals surface area contributed by atoms with Crippen LogP contribution < -0.4 is 4.90 Å². The molecule has 0 aliphatic carbocycles. The van der Waals surface area contributed by atoms with Gasteiger partial charge in [0.15, 0.2) is 5.13 Å². The van der Waals surface area contributed by atoms with Crippen LogP contribution in [0.1, 0.15) is 18.2 Å². The van der Waals surface area contributed by atoms with Crippen molar-refractivity contribution < 1.29 is 9.59 Å². The van der Waals surface area contributed by atoms with E-state index in [2.05, 4.69) is 14.9 Å². The summed E-state index contributed by atoms with van der Waals surface area (Å²) in [6.07, 6.45) is 6.89. The van der Waals surface area contributed by atoms with Gasteiger partial charge in [-0.3, -0.25) is 24.4 Å². The first-order valence-corrected chi connectivity index (χ1v) is 11.4.